The molecular weight excluding hydrogens is 165 g/mol. The maximum Gasteiger partial charge on any atom is 0.193 e. The molecule has 1 nitrogen and oxygen atoms in total. The third kappa shape index (κ3) is 1.86. The molecule has 2 heteroatoms. The molecule has 0 bridgehead atoms. The van der Waals surface area contributed by atoms with Gasteiger partial charge in [-0.1, -0.05) is 32.9 Å². The number of halogens is 1. The van der Waals surface area contributed by atoms with E-state index < -0.39 is 0 Å². The van der Waals surface area contributed by atoms with Crippen molar-refractivity contribution in [2.45, 2.75) is 26.2 Å². The van der Waals surface area contributed by atoms with Gasteiger partial charge in [-0.3, -0.25) is 0 Å². The molecule has 68 valence electrons. The van der Waals surface area contributed by atoms with Crippen LogP contribution in [0, 0.1) is 12.4 Å². The van der Waals surface area contributed by atoms with Crippen molar-refractivity contribution in [1.29, 1.82) is 0 Å². The van der Waals surface area contributed by atoms with Crippen molar-refractivity contribution >= 4 is 5.69 Å². The Kier molecular flexibility index (Phi) is 2.38. The van der Waals surface area contributed by atoms with Gasteiger partial charge in [0.2, 0.25) is 0 Å². The lowest BCUT2D eigenvalue weighted by Crippen LogP contribution is -2.13. The van der Waals surface area contributed by atoms with Gasteiger partial charge in [0.25, 0.3) is 0 Å². The molecule has 0 radical (unpaired) electrons. The number of benzene rings is 1. The standard InChI is InChI=1S/C11H12FN/c1-11(2,3)10-8(12)6-5-7-9(10)13-4/h5-7H,1-3H3. The third-order valence-electron chi connectivity index (χ3n) is 1.86. The van der Waals surface area contributed by atoms with E-state index in [1.807, 2.05) is 20.8 Å². The molecule has 0 N–H and O–H groups in total. The first-order chi connectivity index (χ1) is 5.96. The fourth-order valence-electron chi connectivity index (χ4n) is 1.35. The van der Waals surface area contributed by atoms with Crippen molar-refractivity contribution in [3.8, 4) is 0 Å². The summed E-state index contributed by atoms with van der Waals surface area (Å²) < 4.78 is 13.4. The van der Waals surface area contributed by atoms with E-state index in [4.69, 9.17) is 6.57 Å². The van der Waals surface area contributed by atoms with E-state index in [9.17, 15) is 4.39 Å². The summed E-state index contributed by atoms with van der Waals surface area (Å²) in [5.74, 6) is -0.291. The minimum atomic E-state index is -0.314. The fourth-order valence-corrected chi connectivity index (χ4v) is 1.35. The molecule has 0 aliphatic carbocycles. The molecule has 0 saturated heterocycles. The highest BCUT2D eigenvalue weighted by Gasteiger charge is 2.21. The highest BCUT2D eigenvalue weighted by molar-refractivity contribution is 5.55. The van der Waals surface area contributed by atoms with E-state index >= 15 is 0 Å². The predicted molar refractivity (Wildman–Crippen MR) is 51.4 cm³/mol. The maximum absolute atomic E-state index is 13.4. The Hall–Kier alpha value is -1.36. The van der Waals surface area contributed by atoms with Crippen LogP contribution in [0.2, 0.25) is 0 Å². The zero-order valence-electron chi connectivity index (χ0n) is 8.06. The fraction of sp³-hybridized carbons (Fsp3) is 0.364. The quantitative estimate of drug-likeness (QED) is 0.532. The maximum atomic E-state index is 13.4. The summed E-state index contributed by atoms with van der Waals surface area (Å²) in [6, 6.07) is 4.61. The van der Waals surface area contributed by atoms with Crippen LogP contribution < -0.4 is 0 Å². The Balaban J connectivity index is 3.43. The van der Waals surface area contributed by atoms with Crippen molar-refractivity contribution < 1.29 is 4.39 Å². The summed E-state index contributed by atoms with van der Waals surface area (Å²) in [4.78, 5) is 3.31. The van der Waals surface area contributed by atoms with E-state index in [-0.39, 0.29) is 11.2 Å². The molecule has 0 unspecified atom stereocenters. The minimum Gasteiger partial charge on any atom is -0.238 e. The Morgan fingerprint density at radius 1 is 1.31 bits per heavy atom. The summed E-state index contributed by atoms with van der Waals surface area (Å²) in [5.41, 5.74) is 0.600. The molecule has 0 spiro atoms. The van der Waals surface area contributed by atoms with Gasteiger partial charge in [-0.15, -0.1) is 0 Å². The van der Waals surface area contributed by atoms with Crippen LogP contribution in [0.15, 0.2) is 18.2 Å². The average Bonchev–Trinajstić information content (AvgIpc) is 2.01. The lowest BCUT2D eigenvalue weighted by Gasteiger charge is -2.21. The van der Waals surface area contributed by atoms with Crippen molar-refractivity contribution in [3.05, 3.63) is 41.0 Å². The first-order valence-electron chi connectivity index (χ1n) is 4.13. The number of rotatable bonds is 0. The van der Waals surface area contributed by atoms with Gasteiger partial charge in [0.05, 0.1) is 6.57 Å². The van der Waals surface area contributed by atoms with E-state index in [1.165, 1.54) is 6.07 Å². The van der Waals surface area contributed by atoms with Crippen LogP contribution >= 0.6 is 0 Å². The van der Waals surface area contributed by atoms with Gasteiger partial charge in [-0.05, 0) is 17.0 Å². The predicted octanol–water partition coefficient (Wildman–Crippen LogP) is 3.67. The van der Waals surface area contributed by atoms with Gasteiger partial charge >= 0.3 is 0 Å². The van der Waals surface area contributed by atoms with Gasteiger partial charge in [0.15, 0.2) is 5.69 Å². The molecule has 1 rings (SSSR count). The smallest absolute Gasteiger partial charge is 0.193 e. The Labute approximate surface area is 78.0 Å². The van der Waals surface area contributed by atoms with Crippen molar-refractivity contribution in [2.75, 3.05) is 0 Å². The molecule has 0 atom stereocenters. The van der Waals surface area contributed by atoms with Crippen molar-refractivity contribution in [3.63, 3.8) is 0 Å². The van der Waals surface area contributed by atoms with Crippen LogP contribution in [0.4, 0.5) is 10.1 Å². The number of hydrogen-bond acceptors (Lipinski definition) is 0. The zero-order chi connectivity index (χ0) is 10.1. The lowest BCUT2D eigenvalue weighted by molar-refractivity contribution is 0.526. The summed E-state index contributed by atoms with van der Waals surface area (Å²) in [6.07, 6.45) is 0. The summed E-state index contributed by atoms with van der Waals surface area (Å²) in [7, 11) is 0. The van der Waals surface area contributed by atoms with Crippen molar-refractivity contribution in [2.24, 2.45) is 0 Å². The summed E-state index contributed by atoms with van der Waals surface area (Å²) in [5, 5.41) is 0. The molecular formula is C11H12FN. The zero-order valence-corrected chi connectivity index (χ0v) is 8.06. The molecule has 1 aromatic carbocycles. The van der Waals surface area contributed by atoms with Gasteiger partial charge in [-0.2, -0.15) is 0 Å². The molecule has 0 aliphatic rings. The van der Waals surface area contributed by atoms with Gasteiger partial charge in [0.1, 0.15) is 5.82 Å². The lowest BCUT2D eigenvalue weighted by atomic mass is 9.85. The van der Waals surface area contributed by atoms with E-state index in [0.717, 1.165) is 0 Å². The molecule has 0 fully saturated rings. The Morgan fingerprint density at radius 3 is 2.31 bits per heavy atom. The summed E-state index contributed by atoms with van der Waals surface area (Å²) in [6.45, 7) is 12.6. The van der Waals surface area contributed by atoms with Crippen LogP contribution in [0.1, 0.15) is 26.3 Å². The first kappa shape index (κ1) is 9.73. The highest BCUT2D eigenvalue weighted by Crippen LogP contribution is 2.33. The van der Waals surface area contributed by atoms with Crippen LogP contribution in [-0.4, -0.2) is 0 Å². The normalized spacial score (nSPS) is 11.0. The third-order valence-corrected chi connectivity index (χ3v) is 1.86. The molecule has 13 heavy (non-hydrogen) atoms. The largest absolute Gasteiger partial charge is 0.238 e. The van der Waals surface area contributed by atoms with Crippen LogP contribution in [0.25, 0.3) is 4.85 Å². The van der Waals surface area contributed by atoms with Crippen LogP contribution in [0.3, 0.4) is 0 Å². The Morgan fingerprint density at radius 2 is 1.92 bits per heavy atom. The molecule has 0 aromatic heterocycles. The average molecular weight is 177 g/mol. The Bertz CT molecular complexity index is 355. The monoisotopic (exact) mass is 177 g/mol. The van der Waals surface area contributed by atoms with Gasteiger partial charge in [-0.25, -0.2) is 9.24 Å². The van der Waals surface area contributed by atoms with E-state index in [2.05, 4.69) is 4.85 Å². The second-order valence-corrected chi connectivity index (χ2v) is 4.00. The molecule has 0 saturated carbocycles. The van der Waals surface area contributed by atoms with Crippen molar-refractivity contribution in [1.82, 2.24) is 0 Å². The van der Waals surface area contributed by atoms with Gasteiger partial charge in [0, 0.05) is 0 Å². The van der Waals surface area contributed by atoms with Crippen LogP contribution in [0.5, 0.6) is 0 Å². The molecule has 0 heterocycles. The second-order valence-electron chi connectivity index (χ2n) is 4.00. The van der Waals surface area contributed by atoms with Crippen LogP contribution in [-0.2, 0) is 5.41 Å². The number of hydrogen-bond donors (Lipinski definition) is 0. The SMILES string of the molecule is [C-]#[N+]c1cccc(F)c1C(C)(C)C. The van der Waals surface area contributed by atoms with Gasteiger partial charge < -0.3 is 0 Å². The first-order valence-corrected chi connectivity index (χ1v) is 4.13. The van der Waals surface area contributed by atoms with E-state index in [1.54, 1.807) is 12.1 Å². The molecule has 1 aromatic rings. The second kappa shape index (κ2) is 3.18. The topological polar surface area (TPSA) is 4.36 Å². The molecule has 0 amide bonds. The number of nitrogens with zero attached hydrogens (tertiary/aromatic N) is 1. The summed E-state index contributed by atoms with van der Waals surface area (Å²) >= 11 is 0. The highest BCUT2D eigenvalue weighted by atomic mass is 19.1. The van der Waals surface area contributed by atoms with E-state index in [0.29, 0.717) is 11.3 Å². The minimum absolute atomic E-state index is 0.291. The molecule has 0 aliphatic heterocycles.